The van der Waals surface area contributed by atoms with Crippen LogP contribution in [0, 0.1) is 0 Å². The summed E-state index contributed by atoms with van der Waals surface area (Å²) in [6.07, 6.45) is 1.62. The summed E-state index contributed by atoms with van der Waals surface area (Å²) in [5.41, 5.74) is 2.31. The highest BCUT2D eigenvalue weighted by Crippen LogP contribution is 2.13. The summed E-state index contributed by atoms with van der Waals surface area (Å²) in [6.45, 7) is 3.24. The van der Waals surface area contributed by atoms with Crippen molar-refractivity contribution in [2.75, 3.05) is 25.6 Å². The maximum Gasteiger partial charge on any atom is 0.270 e. The number of nitrogens with one attached hydrogen (secondary N) is 2. The van der Waals surface area contributed by atoms with Crippen LogP contribution in [0.25, 0.3) is 0 Å². The van der Waals surface area contributed by atoms with Crippen LogP contribution in [0.3, 0.4) is 0 Å². The second-order valence-electron chi connectivity index (χ2n) is 4.96. The fourth-order valence-corrected chi connectivity index (χ4v) is 2.06. The Labute approximate surface area is 130 Å². The number of carbonyl (C=O) groups is 1. The molecule has 0 bridgehead atoms. The Hall–Kier alpha value is -2.40. The molecule has 1 heterocycles. The van der Waals surface area contributed by atoms with Gasteiger partial charge in [-0.05, 0) is 24.6 Å². The summed E-state index contributed by atoms with van der Waals surface area (Å²) in [5, 5.41) is 6.13. The van der Waals surface area contributed by atoms with E-state index >= 15 is 0 Å². The molecule has 0 fully saturated rings. The molecule has 5 heteroatoms. The van der Waals surface area contributed by atoms with E-state index in [4.69, 9.17) is 4.74 Å². The Morgan fingerprint density at radius 2 is 2.05 bits per heavy atom. The minimum absolute atomic E-state index is 0.0689. The molecule has 2 N–H and O–H groups in total. The number of ether oxygens (including phenoxy) is 1. The van der Waals surface area contributed by atoms with Gasteiger partial charge >= 0.3 is 0 Å². The summed E-state index contributed by atoms with van der Waals surface area (Å²) in [4.78, 5) is 16.4. The molecule has 0 saturated heterocycles. The minimum atomic E-state index is -0.188. The first-order chi connectivity index (χ1) is 10.7. The van der Waals surface area contributed by atoms with Gasteiger partial charge in [0.05, 0.1) is 12.6 Å². The number of anilines is 1. The number of nitrogens with zero attached hydrogens (tertiary/aromatic N) is 1. The number of hydrogen-bond donors (Lipinski definition) is 2. The molecule has 1 atom stereocenters. The zero-order chi connectivity index (χ0) is 15.8. The molecule has 0 radical (unpaired) electrons. The van der Waals surface area contributed by atoms with E-state index in [2.05, 4.69) is 15.6 Å². The van der Waals surface area contributed by atoms with Crippen molar-refractivity contribution in [3.63, 3.8) is 0 Å². The molecule has 22 heavy (non-hydrogen) atoms. The number of rotatable bonds is 7. The number of hydrogen-bond acceptors (Lipinski definition) is 4. The maximum absolute atomic E-state index is 12.3. The van der Waals surface area contributed by atoms with E-state index in [0.29, 0.717) is 18.8 Å². The number of carbonyl (C=O) groups excluding carboxylic acids is 1. The van der Waals surface area contributed by atoms with Gasteiger partial charge in [0, 0.05) is 25.5 Å². The van der Waals surface area contributed by atoms with Crippen molar-refractivity contribution in [2.24, 2.45) is 0 Å². The molecule has 5 nitrogen and oxygen atoms in total. The molecule has 1 aromatic carbocycles. The molecule has 1 unspecified atom stereocenters. The summed E-state index contributed by atoms with van der Waals surface area (Å²) < 4.78 is 4.99. The van der Waals surface area contributed by atoms with Crippen LogP contribution >= 0.6 is 0 Å². The quantitative estimate of drug-likeness (QED) is 0.772. The van der Waals surface area contributed by atoms with Gasteiger partial charge in [-0.25, -0.2) is 0 Å². The molecule has 1 aromatic heterocycles. The Bertz CT molecular complexity index is 602. The van der Waals surface area contributed by atoms with Crippen LogP contribution in [-0.4, -0.2) is 31.2 Å². The van der Waals surface area contributed by atoms with Crippen molar-refractivity contribution in [1.29, 1.82) is 0 Å². The molecule has 2 aromatic rings. The minimum Gasteiger partial charge on any atom is -0.383 e. The number of benzene rings is 1. The average molecular weight is 299 g/mol. The number of amides is 1. The lowest BCUT2D eigenvalue weighted by Crippen LogP contribution is -2.27. The standard InChI is InChI=1S/C17H21N3O2/c1-13(14-6-4-3-5-7-14)20-17(21)16-12-15(8-9-19-16)18-10-11-22-2/h3-9,12-13H,10-11H2,1-2H3,(H,18,19)(H,20,21). The lowest BCUT2D eigenvalue weighted by molar-refractivity contribution is 0.0935. The normalized spacial score (nSPS) is 11.7. The van der Waals surface area contributed by atoms with E-state index in [0.717, 1.165) is 11.3 Å². The van der Waals surface area contributed by atoms with Crippen LogP contribution < -0.4 is 10.6 Å². The Morgan fingerprint density at radius 3 is 2.77 bits per heavy atom. The SMILES string of the molecule is COCCNc1ccnc(C(=O)NC(C)c2ccccc2)c1. The highest BCUT2D eigenvalue weighted by Gasteiger charge is 2.12. The van der Waals surface area contributed by atoms with Gasteiger partial charge in [-0.15, -0.1) is 0 Å². The molecule has 0 spiro atoms. The molecule has 0 aliphatic heterocycles. The van der Waals surface area contributed by atoms with Crippen molar-refractivity contribution < 1.29 is 9.53 Å². The lowest BCUT2D eigenvalue weighted by Gasteiger charge is -2.14. The van der Waals surface area contributed by atoms with E-state index in [1.807, 2.05) is 43.3 Å². The summed E-state index contributed by atoms with van der Waals surface area (Å²) in [6, 6.07) is 13.3. The predicted octanol–water partition coefficient (Wildman–Crippen LogP) is 2.63. The average Bonchev–Trinajstić information content (AvgIpc) is 2.56. The predicted molar refractivity (Wildman–Crippen MR) is 86.9 cm³/mol. The molecular weight excluding hydrogens is 278 g/mol. The van der Waals surface area contributed by atoms with Gasteiger partial charge in [0.25, 0.3) is 5.91 Å². The number of methoxy groups -OCH3 is 1. The highest BCUT2D eigenvalue weighted by molar-refractivity contribution is 5.93. The van der Waals surface area contributed by atoms with Gasteiger partial charge in [0.2, 0.25) is 0 Å². The summed E-state index contributed by atoms with van der Waals surface area (Å²) in [5.74, 6) is -0.188. The van der Waals surface area contributed by atoms with Crippen molar-refractivity contribution in [2.45, 2.75) is 13.0 Å². The van der Waals surface area contributed by atoms with Crippen molar-refractivity contribution >= 4 is 11.6 Å². The van der Waals surface area contributed by atoms with E-state index in [-0.39, 0.29) is 11.9 Å². The second kappa shape index (κ2) is 8.14. The number of pyridine rings is 1. The largest absolute Gasteiger partial charge is 0.383 e. The van der Waals surface area contributed by atoms with E-state index in [9.17, 15) is 4.79 Å². The molecule has 2 rings (SSSR count). The maximum atomic E-state index is 12.3. The first-order valence-electron chi connectivity index (χ1n) is 7.25. The highest BCUT2D eigenvalue weighted by atomic mass is 16.5. The molecule has 1 amide bonds. The van der Waals surface area contributed by atoms with Gasteiger partial charge in [-0.3, -0.25) is 9.78 Å². The van der Waals surface area contributed by atoms with Gasteiger partial charge in [-0.1, -0.05) is 30.3 Å². The van der Waals surface area contributed by atoms with Crippen molar-refractivity contribution in [1.82, 2.24) is 10.3 Å². The third-order valence-electron chi connectivity index (χ3n) is 3.28. The van der Waals surface area contributed by atoms with Crippen molar-refractivity contribution in [3.8, 4) is 0 Å². The van der Waals surface area contributed by atoms with Gasteiger partial charge < -0.3 is 15.4 Å². The third-order valence-corrected chi connectivity index (χ3v) is 3.28. The number of aromatic nitrogens is 1. The first-order valence-corrected chi connectivity index (χ1v) is 7.25. The fourth-order valence-electron chi connectivity index (χ4n) is 2.06. The molecular formula is C17H21N3O2. The van der Waals surface area contributed by atoms with Crippen LogP contribution in [0.15, 0.2) is 48.7 Å². The molecule has 0 aliphatic rings. The smallest absolute Gasteiger partial charge is 0.270 e. The van der Waals surface area contributed by atoms with Crippen LogP contribution in [0.2, 0.25) is 0 Å². The van der Waals surface area contributed by atoms with Crippen LogP contribution in [0.4, 0.5) is 5.69 Å². The first kappa shape index (κ1) is 16.0. The van der Waals surface area contributed by atoms with E-state index in [1.54, 1.807) is 19.4 Å². The van der Waals surface area contributed by atoms with E-state index < -0.39 is 0 Å². The Morgan fingerprint density at radius 1 is 1.27 bits per heavy atom. The fraction of sp³-hybridized carbons (Fsp3) is 0.294. The Balaban J connectivity index is 1.98. The molecule has 116 valence electrons. The van der Waals surface area contributed by atoms with Crippen LogP contribution in [0.5, 0.6) is 0 Å². The zero-order valence-electron chi connectivity index (χ0n) is 12.9. The monoisotopic (exact) mass is 299 g/mol. The molecule has 0 saturated carbocycles. The molecule has 0 aliphatic carbocycles. The lowest BCUT2D eigenvalue weighted by atomic mass is 10.1. The van der Waals surface area contributed by atoms with Crippen molar-refractivity contribution in [3.05, 3.63) is 59.9 Å². The second-order valence-corrected chi connectivity index (χ2v) is 4.96. The third kappa shape index (κ3) is 4.56. The summed E-state index contributed by atoms with van der Waals surface area (Å²) >= 11 is 0. The van der Waals surface area contributed by atoms with Crippen LogP contribution in [0.1, 0.15) is 29.0 Å². The van der Waals surface area contributed by atoms with Gasteiger partial charge in [0.15, 0.2) is 0 Å². The van der Waals surface area contributed by atoms with Gasteiger partial charge in [0.1, 0.15) is 5.69 Å². The zero-order valence-corrected chi connectivity index (χ0v) is 12.9. The van der Waals surface area contributed by atoms with Gasteiger partial charge in [-0.2, -0.15) is 0 Å². The topological polar surface area (TPSA) is 63.2 Å². The summed E-state index contributed by atoms with van der Waals surface area (Å²) in [7, 11) is 1.65. The Kier molecular flexibility index (Phi) is 5.91. The van der Waals surface area contributed by atoms with Crippen LogP contribution in [-0.2, 0) is 4.74 Å². The van der Waals surface area contributed by atoms with E-state index in [1.165, 1.54) is 0 Å².